The molecule has 0 bridgehead atoms. The second-order valence-corrected chi connectivity index (χ2v) is 9.40. The molecule has 0 saturated carbocycles. The zero-order valence-electron chi connectivity index (χ0n) is 19.8. The van der Waals surface area contributed by atoms with Crippen molar-refractivity contribution in [2.75, 3.05) is 18.4 Å². The van der Waals surface area contributed by atoms with Gasteiger partial charge in [0.15, 0.2) is 11.4 Å². The van der Waals surface area contributed by atoms with E-state index in [1.807, 2.05) is 48.2 Å². The summed E-state index contributed by atoms with van der Waals surface area (Å²) in [6.45, 7) is 3.06. The summed E-state index contributed by atoms with van der Waals surface area (Å²) in [4.78, 5) is 38.6. The van der Waals surface area contributed by atoms with Gasteiger partial charge in [0.05, 0.1) is 28.1 Å². The van der Waals surface area contributed by atoms with Gasteiger partial charge < -0.3 is 9.88 Å². The lowest BCUT2D eigenvalue weighted by molar-refractivity contribution is 0.0712. The molecule has 1 fully saturated rings. The van der Waals surface area contributed by atoms with Crippen LogP contribution in [0.3, 0.4) is 0 Å². The summed E-state index contributed by atoms with van der Waals surface area (Å²) in [5.74, 6) is -0.360. The van der Waals surface area contributed by atoms with Crippen molar-refractivity contribution in [1.82, 2.24) is 29.6 Å². The van der Waals surface area contributed by atoms with Crippen molar-refractivity contribution in [2.45, 2.75) is 25.7 Å². The number of aromatic nitrogens is 5. The average molecular weight is 512 g/mol. The second-order valence-electron chi connectivity index (χ2n) is 8.52. The Morgan fingerprint density at radius 1 is 1.14 bits per heavy atom. The number of rotatable bonds is 5. The number of nitrogens with zero attached hydrogens (tertiary/aromatic N) is 7. The lowest BCUT2D eigenvalue weighted by Gasteiger charge is -2.31. The van der Waals surface area contributed by atoms with Crippen LogP contribution in [-0.2, 0) is 0 Å². The summed E-state index contributed by atoms with van der Waals surface area (Å²) in [5.41, 5.74) is 2.43. The molecule has 0 radical (unpaired) electrons. The molecule has 4 heterocycles. The van der Waals surface area contributed by atoms with Gasteiger partial charge in [-0.05, 0) is 31.9 Å². The van der Waals surface area contributed by atoms with Crippen LogP contribution in [0.25, 0.3) is 5.69 Å². The van der Waals surface area contributed by atoms with Crippen molar-refractivity contribution in [3.8, 4) is 17.8 Å². The highest BCUT2D eigenvalue weighted by Gasteiger charge is 2.29. The molecule has 0 spiro atoms. The van der Waals surface area contributed by atoms with E-state index in [4.69, 9.17) is 10.5 Å². The van der Waals surface area contributed by atoms with E-state index in [1.165, 1.54) is 11.3 Å². The first-order valence-electron chi connectivity index (χ1n) is 11.5. The molecular weight excluding hydrogens is 490 g/mol. The molecule has 11 nitrogen and oxygen atoms in total. The van der Waals surface area contributed by atoms with Crippen LogP contribution in [0.4, 0.5) is 5.95 Å². The number of nitrogens with one attached hydrogen (secondary N) is 2. The van der Waals surface area contributed by atoms with Crippen LogP contribution >= 0.6 is 11.3 Å². The van der Waals surface area contributed by atoms with Crippen LogP contribution in [0.5, 0.6) is 0 Å². The number of hydrogen-bond donors (Lipinski definition) is 2. The van der Waals surface area contributed by atoms with E-state index in [1.54, 1.807) is 22.3 Å². The maximum Gasteiger partial charge on any atom is 0.277 e. The SMILES string of the molecule is Cc1c(C(=O)N2CCC(c3nc(C(=O)Nc4nc(C#N)c(C#N)[nH]4)cs3)CC2)cnn1-c1ccccc1. The normalized spacial score (nSPS) is 13.6. The number of anilines is 1. The van der Waals surface area contributed by atoms with Gasteiger partial charge in [0, 0.05) is 24.4 Å². The third-order valence-electron chi connectivity index (χ3n) is 6.28. The molecule has 2 N–H and O–H groups in total. The molecule has 2 amide bonds. The van der Waals surface area contributed by atoms with Crippen molar-refractivity contribution in [3.63, 3.8) is 0 Å². The fraction of sp³-hybridized carbons (Fsp3) is 0.240. The molecule has 1 aliphatic rings. The number of imidazole rings is 1. The highest BCUT2D eigenvalue weighted by atomic mass is 32.1. The van der Waals surface area contributed by atoms with Crippen molar-refractivity contribution >= 4 is 29.1 Å². The number of piperidine rings is 1. The molecule has 1 aliphatic heterocycles. The number of hydrogen-bond acceptors (Lipinski definition) is 8. The number of para-hydroxylation sites is 1. The highest BCUT2D eigenvalue weighted by molar-refractivity contribution is 7.10. The monoisotopic (exact) mass is 511 g/mol. The van der Waals surface area contributed by atoms with Crippen LogP contribution in [0.2, 0.25) is 0 Å². The molecule has 0 atom stereocenters. The van der Waals surface area contributed by atoms with E-state index in [0.717, 1.165) is 29.2 Å². The minimum absolute atomic E-state index is 0.0133. The van der Waals surface area contributed by atoms with Gasteiger partial charge >= 0.3 is 0 Å². The summed E-state index contributed by atoms with van der Waals surface area (Å²) >= 11 is 1.40. The Kier molecular flexibility index (Phi) is 6.49. The molecule has 1 aromatic carbocycles. The van der Waals surface area contributed by atoms with Gasteiger partial charge in [0.1, 0.15) is 17.8 Å². The Labute approximate surface area is 216 Å². The number of thiazole rings is 1. The Hall–Kier alpha value is -4.81. The largest absolute Gasteiger partial charge is 0.338 e. The minimum atomic E-state index is -0.483. The number of carbonyl (C=O) groups is 2. The van der Waals surface area contributed by atoms with Crippen LogP contribution < -0.4 is 5.32 Å². The van der Waals surface area contributed by atoms with E-state index < -0.39 is 5.91 Å². The minimum Gasteiger partial charge on any atom is -0.338 e. The Morgan fingerprint density at radius 2 is 1.89 bits per heavy atom. The van der Waals surface area contributed by atoms with E-state index in [2.05, 4.69) is 25.4 Å². The third kappa shape index (κ3) is 4.70. The maximum atomic E-state index is 13.2. The van der Waals surface area contributed by atoms with Gasteiger partial charge in [0.2, 0.25) is 5.95 Å². The number of likely N-dealkylation sites (tertiary alicyclic amines) is 1. The predicted molar refractivity (Wildman–Crippen MR) is 134 cm³/mol. The molecule has 0 aliphatic carbocycles. The standard InChI is InChI=1S/C25H21N9O2S/c1-15-18(13-28-34(15)17-5-3-2-4-6-17)24(36)33-9-7-16(8-10-33)23-29-21(14-37-23)22(35)32-25-30-19(11-26)20(12-27)31-25/h2-6,13-14,16H,7-10H2,1H3,(H2,30,31,32,35). The zero-order valence-corrected chi connectivity index (χ0v) is 20.6. The first-order chi connectivity index (χ1) is 18.0. The first-order valence-corrected chi connectivity index (χ1v) is 12.4. The molecule has 5 rings (SSSR count). The first kappa shape index (κ1) is 23.9. The third-order valence-corrected chi connectivity index (χ3v) is 7.29. The lowest BCUT2D eigenvalue weighted by atomic mass is 9.97. The number of benzene rings is 1. The molecule has 12 heteroatoms. The van der Waals surface area contributed by atoms with E-state index in [0.29, 0.717) is 18.7 Å². The summed E-state index contributed by atoms with van der Waals surface area (Å²) in [6.07, 6.45) is 3.10. The topological polar surface area (TPSA) is 156 Å². The Morgan fingerprint density at radius 3 is 2.57 bits per heavy atom. The van der Waals surface area contributed by atoms with Gasteiger partial charge in [-0.1, -0.05) is 18.2 Å². The van der Waals surface area contributed by atoms with Gasteiger partial charge in [0.25, 0.3) is 11.8 Å². The van der Waals surface area contributed by atoms with Gasteiger partial charge in [-0.15, -0.1) is 11.3 Å². The Bertz CT molecular complexity index is 1520. The van der Waals surface area contributed by atoms with Gasteiger partial charge in [-0.2, -0.15) is 15.6 Å². The second kappa shape index (κ2) is 10.0. The lowest BCUT2D eigenvalue weighted by Crippen LogP contribution is -2.38. The average Bonchev–Trinajstić information content (AvgIpc) is 3.67. The van der Waals surface area contributed by atoms with Crippen molar-refractivity contribution in [2.24, 2.45) is 0 Å². The van der Waals surface area contributed by atoms with Gasteiger partial charge in [-0.3, -0.25) is 14.9 Å². The summed E-state index contributed by atoms with van der Waals surface area (Å²) in [5, 5.41) is 27.5. The molecule has 184 valence electrons. The van der Waals surface area contributed by atoms with Crippen molar-refractivity contribution in [1.29, 1.82) is 10.5 Å². The number of amides is 2. The Balaban J connectivity index is 1.20. The zero-order chi connectivity index (χ0) is 25.9. The van der Waals surface area contributed by atoms with Gasteiger partial charge in [-0.25, -0.2) is 14.6 Å². The van der Waals surface area contributed by atoms with E-state index >= 15 is 0 Å². The maximum absolute atomic E-state index is 13.2. The molecule has 0 unspecified atom stereocenters. The van der Waals surface area contributed by atoms with Crippen LogP contribution in [0.1, 0.15) is 61.7 Å². The van der Waals surface area contributed by atoms with Crippen LogP contribution in [0.15, 0.2) is 41.9 Å². The summed E-state index contributed by atoms with van der Waals surface area (Å²) in [6, 6.07) is 13.3. The van der Waals surface area contributed by atoms with E-state index in [9.17, 15) is 9.59 Å². The predicted octanol–water partition coefficient (Wildman–Crippen LogP) is 3.38. The number of aromatic amines is 1. The molecule has 37 heavy (non-hydrogen) atoms. The smallest absolute Gasteiger partial charge is 0.277 e. The fourth-order valence-corrected chi connectivity index (χ4v) is 5.27. The summed E-state index contributed by atoms with van der Waals surface area (Å²) in [7, 11) is 0. The number of nitriles is 2. The number of H-pyrrole nitrogens is 1. The summed E-state index contributed by atoms with van der Waals surface area (Å²) < 4.78 is 1.77. The van der Waals surface area contributed by atoms with Crippen LogP contribution in [-0.4, -0.2) is 54.5 Å². The highest BCUT2D eigenvalue weighted by Crippen LogP contribution is 2.31. The van der Waals surface area contributed by atoms with Crippen LogP contribution in [0, 0.1) is 29.6 Å². The molecular formula is C25H21N9O2S. The fourth-order valence-electron chi connectivity index (χ4n) is 4.29. The van der Waals surface area contributed by atoms with Crippen molar-refractivity contribution < 1.29 is 9.59 Å². The van der Waals surface area contributed by atoms with E-state index in [-0.39, 0.29) is 34.9 Å². The molecule has 1 saturated heterocycles. The molecule has 3 aromatic heterocycles. The quantitative estimate of drug-likeness (QED) is 0.416. The molecule has 4 aromatic rings. The number of carbonyl (C=O) groups excluding carboxylic acids is 2. The van der Waals surface area contributed by atoms with Crippen molar-refractivity contribution in [3.05, 3.63) is 75.3 Å².